The molecule has 0 saturated carbocycles. The minimum Gasteiger partial charge on any atom is -0.406 e. The number of aromatic nitrogens is 4. The first-order chi connectivity index (χ1) is 16.8. The molecule has 176 valence electrons. The van der Waals surface area contributed by atoms with Crippen molar-refractivity contribution >= 4 is 39.3 Å². The molecule has 0 saturated heterocycles. The number of ether oxygens (including phenoxy) is 1. The Hall–Kier alpha value is -4.47. The van der Waals surface area contributed by atoms with Gasteiger partial charge in [0, 0.05) is 41.3 Å². The second kappa shape index (κ2) is 8.71. The molecule has 7 nitrogen and oxygen atoms in total. The Bertz CT molecular complexity index is 1550. The van der Waals surface area contributed by atoms with E-state index in [9.17, 15) is 13.2 Å². The normalized spacial score (nSPS) is 11.6. The predicted molar refractivity (Wildman–Crippen MR) is 129 cm³/mol. The predicted octanol–water partition coefficient (Wildman–Crippen LogP) is 6.23. The van der Waals surface area contributed by atoms with Crippen molar-refractivity contribution in [2.75, 3.05) is 17.7 Å². The maximum atomic E-state index is 12.6. The van der Waals surface area contributed by atoms with Gasteiger partial charge in [0.05, 0.1) is 11.0 Å². The second-order valence-corrected chi connectivity index (χ2v) is 7.79. The van der Waals surface area contributed by atoms with E-state index < -0.39 is 6.36 Å². The number of alkyl halides is 3. The fourth-order valence-electron chi connectivity index (χ4n) is 3.91. The van der Waals surface area contributed by atoms with E-state index in [0.29, 0.717) is 23.0 Å². The van der Waals surface area contributed by atoms with Crippen LogP contribution in [0.4, 0.5) is 30.6 Å². The average Bonchev–Trinajstić information content (AvgIpc) is 2.82. The molecule has 5 aromatic rings. The lowest BCUT2D eigenvalue weighted by atomic mass is 9.96. The summed E-state index contributed by atoms with van der Waals surface area (Å²) in [6, 6.07) is 15.4. The molecule has 35 heavy (non-hydrogen) atoms. The van der Waals surface area contributed by atoms with Gasteiger partial charge in [-0.15, -0.1) is 13.2 Å². The number of rotatable bonds is 5. The van der Waals surface area contributed by atoms with Crippen LogP contribution in [0.5, 0.6) is 5.75 Å². The molecule has 0 spiro atoms. The van der Waals surface area contributed by atoms with Gasteiger partial charge in [0.1, 0.15) is 17.9 Å². The highest BCUT2D eigenvalue weighted by atomic mass is 19.4. The van der Waals surface area contributed by atoms with Crippen LogP contribution in [-0.2, 0) is 0 Å². The van der Waals surface area contributed by atoms with E-state index in [0.717, 1.165) is 33.0 Å². The molecule has 0 atom stereocenters. The lowest BCUT2D eigenvalue weighted by Crippen LogP contribution is -2.17. The molecule has 0 aliphatic heterocycles. The highest BCUT2D eigenvalue weighted by Crippen LogP contribution is 2.35. The molecular weight excluding hydrogens is 457 g/mol. The van der Waals surface area contributed by atoms with Crippen molar-refractivity contribution in [3.63, 3.8) is 0 Å². The molecule has 0 aliphatic carbocycles. The lowest BCUT2D eigenvalue weighted by Gasteiger charge is -2.14. The third kappa shape index (κ3) is 4.63. The molecule has 3 aromatic carbocycles. The van der Waals surface area contributed by atoms with E-state index in [4.69, 9.17) is 0 Å². The van der Waals surface area contributed by atoms with Crippen LogP contribution in [0.3, 0.4) is 0 Å². The highest BCUT2D eigenvalue weighted by molar-refractivity contribution is 6.02. The number of aryl methyl sites for hydroxylation is 1. The number of fused-ring (bicyclic) bond motifs is 2. The summed E-state index contributed by atoms with van der Waals surface area (Å²) in [5, 5.41) is 7.62. The van der Waals surface area contributed by atoms with Crippen molar-refractivity contribution in [3.05, 3.63) is 72.7 Å². The van der Waals surface area contributed by atoms with Gasteiger partial charge in [0.2, 0.25) is 5.95 Å². The quantitative estimate of drug-likeness (QED) is 0.311. The van der Waals surface area contributed by atoms with E-state index in [1.807, 2.05) is 37.3 Å². The largest absolute Gasteiger partial charge is 0.573 e. The van der Waals surface area contributed by atoms with Crippen LogP contribution in [-0.4, -0.2) is 33.3 Å². The Kier molecular flexibility index (Phi) is 5.56. The standard InChI is InChI=1S/C25H19F3N6O/c1-14-6-8-19-22(21(14)15-7-9-20-16(10-15)12-30-24(29-2)34-20)31-13-32-23(19)33-17-4-3-5-18(11-17)35-25(26,27)28/h3-13H,1-2H3,(H,29,30,34)(H,31,32,33). The van der Waals surface area contributed by atoms with Crippen molar-refractivity contribution in [1.82, 2.24) is 19.9 Å². The number of hydrogen-bond acceptors (Lipinski definition) is 7. The summed E-state index contributed by atoms with van der Waals surface area (Å²) in [5.41, 5.74) is 4.78. The van der Waals surface area contributed by atoms with E-state index in [2.05, 4.69) is 35.3 Å². The van der Waals surface area contributed by atoms with E-state index >= 15 is 0 Å². The minimum absolute atomic E-state index is 0.322. The Morgan fingerprint density at radius 3 is 2.60 bits per heavy atom. The van der Waals surface area contributed by atoms with Gasteiger partial charge >= 0.3 is 6.36 Å². The zero-order valence-electron chi connectivity index (χ0n) is 18.7. The Morgan fingerprint density at radius 2 is 1.80 bits per heavy atom. The first-order valence-electron chi connectivity index (χ1n) is 10.6. The molecule has 0 amide bonds. The van der Waals surface area contributed by atoms with E-state index in [-0.39, 0.29) is 5.75 Å². The van der Waals surface area contributed by atoms with Gasteiger partial charge < -0.3 is 15.4 Å². The van der Waals surface area contributed by atoms with Crippen LogP contribution < -0.4 is 15.4 Å². The van der Waals surface area contributed by atoms with Gasteiger partial charge in [-0.05, 0) is 48.4 Å². The zero-order chi connectivity index (χ0) is 24.6. The number of benzene rings is 3. The first-order valence-corrected chi connectivity index (χ1v) is 10.6. The molecule has 5 rings (SSSR count). The van der Waals surface area contributed by atoms with Gasteiger partial charge in [-0.2, -0.15) is 0 Å². The fourth-order valence-corrected chi connectivity index (χ4v) is 3.91. The van der Waals surface area contributed by atoms with E-state index in [1.165, 1.54) is 24.5 Å². The Labute approximate surface area is 198 Å². The summed E-state index contributed by atoms with van der Waals surface area (Å²) >= 11 is 0. The third-order valence-corrected chi connectivity index (χ3v) is 5.44. The number of hydrogen-bond donors (Lipinski definition) is 2. The smallest absolute Gasteiger partial charge is 0.406 e. The average molecular weight is 476 g/mol. The summed E-state index contributed by atoms with van der Waals surface area (Å²) in [4.78, 5) is 17.6. The maximum absolute atomic E-state index is 12.6. The molecule has 0 bridgehead atoms. The summed E-state index contributed by atoms with van der Waals surface area (Å²) in [7, 11) is 1.76. The zero-order valence-corrected chi connectivity index (χ0v) is 18.7. The fraction of sp³-hybridized carbons (Fsp3) is 0.120. The minimum atomic E-state index is -4.77. The molecule has 0 aliphatic rings. The van der Waals surface area contributed by atoms with E-state index in [1.54, 1.807) is 19.3 Å². The van der Waals surface area contributed by atoms with Gasteiger partial charge in [-0.25, -0.2) is 19.9 Å². The maximum Gasteiger partial charge on any atom is 0.573 e. The van der Waals surface area contributed by atoms with Gasteiger partial charge in [0.25, 0.3) is 0 Å². The molecule has 10 heteroatoms. The van der Waals surface area contributed by atoms with Crippen LogP contribution in [0.15, 0.2) is 67.1 Å². The molecule has 2 N–H and O–H groups in total. The van der Waals surface area contributed by atoms with Crippen molar-refractivity contribution in [2.24, 2.45) is 0 Å². The van der Waals surface area contributed by atoms with Gasteiger partial charge in [-0.3, -0.25) is 0 Å². The van der Waals surface area contributed by atoms with Crippen molar-refractivity contribution < 1.29 is 17.9 Å². The number of nitrogens with zero attached hydrogens (tertiary/aromatic N) is 4. The molecular formula is C25H19F3N6O. The number of anilines is 3. The van der Waals surface area contributed by atoms with Crippen LogP contribution in [0, 0.1) is 6.92 Å². The summed E-state index contributed by atoms with van der Waals surface area (Å²) in [6.07, 6.45) is -1.59. The molecule has 2 aromatic heterocycles. The number of nitrogens with one attached hydrogen (secondary N) is 2. The topological polar surface area (TPSA) is 84.9 Å². The highest BCUT2D eigenvalue weighted by Gasteiger charge is 2.31. The van der Waals surface area contributed by atoms with Crippen LogP contribution in [0.1, 0.15) is 5.56 Å². The number of halogens is 3. The van der Waals surface area contributed by atoms with Crippen LogP contribution >= 0.6 is 0 Å². The Morgan fingerprint density at radius 1 is 0.943 bits per heavy atom. The lowest BCUT2D eigenvalue weighted by molar-refractivity contribution is -0.274. The second-order valence-electron chi connectivity index (χ2n) is 7.79. The molecule has 0 fully saturated rings. The van der Waals surface area contributed by atoms with Gasteiger partial charge in [0.15, 0.2) is 0 Å². The molecule has 2 heterocycles. The summed E-state index contributed by atoms with van der Waals surface area (Å²) in [6.45, 7) is 1.99. The summed E-state index contributed by atoms with van der Waals surface area (Å²) in [5.74, 6) is 0.681. The van der Waals surface area contributed by atoms with Crippen molar-refractivity contribution in [3.8, 4) is 16.9 Å². The van der Waals surface area contributed by atoms with Crippen molar-refractivity contribution in [1.29, 1.82) is 0 Å². The first kappa shape index (κ1) is 22.3. The van der Waals surface area contributed by atoms with Crippen molar-refractivity contribution in [2.45, 2.75) is 13.3 Å². The van der Waals surface area contributed by atoms with Crippen LogP contribution in [0.2, 0.25) is 0 Å². The third-order valence-electron chi connectivity index (χ3n) is 5.44. The Balaban J connectivity index is 1.57. The summed E-state index contributed by atoms with van der Waals surface area (Å²) < 4.78 is 41.9. The molecule has 0 radical (unpaired) electrons. The monoisotopic (exact) mass is 476 g/mol. The van der Waals surface area contributed by atoms with Crippen LogP contribution in [0.25, 0.3) is 32.9 Å². The molecule has 0 unspecified atom stereocenters. The SMILES string of the molecule is CNc1ncc2cc(-c3c(C)ccc4c(Nc5cccc(OC(F)(F)F)c5)ncnc34)ccc2n1. The van der Waals surface area contributed by atoms with Gasteiger partial charge in [-0.1, -0.05) is 18.2 Å².